The largest absolute Gasteiger partial charge is 0.497 e. The zero-order valence-electron chi connectivity index (χ0n) is 9.54. The first-order chi connectivity index (χ1) is 8.30. The van der Waals surface area contributed by atoms with Crippen molar-refractivity contribution in [2.75, 3.05) is 19.6 Å². The second-order valence-corrected chi connectivity index (χ2v) is 2.87. The summed E-state index contributed by atoms with van der Waals surface area (Å²) in [5, 5.41) is 16.0. The van der Waals surface area contributed by atoms with Crippen molar-refractivity contribution < 1.29 is 9.57 Å². The van der Waals surface area contributed by atoms with Gasteiger partial charge in [-0.25, -0.2) is 0 Å². The first-order valence-corrected chi connectivity index (χ1v) is 4.74. The van der Waals surface area contributed by atoms with Crippen molar-refractivity contribution in [1.29, 1.82) is 5.26 Å². The zero-order valence-corrected chi connectivity index (χ0v) is 9.54. The number of methoxy groups -OCH3 is 1. The van der Waals surface area contributed by atoms with Crippen molar-refractivity contribution in [3.8, 4) is 11.8 Å². The fourth-order valence-electron chi connectivity index (χ4n) is 0.976. The Morgan fingerprint density at radius 2 is 2.06 bits per heavy atom. The Kier molecular flexibility index (Phi) is 5.04. The molecule has 1 aromatic carbocycles. The smallest absolute Gasteiger partial charge is 0.182 e. The standard InChI is InChI=1S/C11H12N4O2/c1-16-11-5-3-9(4-6-11)14-15-10(7-12)8-13-17-2/h3-6,8,14H,1-2H3. The second-order valence-electron chi connectivity index (χ2n) is 2.87. The maximum Gasteiger partial charge on any atom is 0.182 e. The van der Waals surface area contributed by atoms with E-state index < -0.39 is 0 Å². The molecule has 0 heterocycles. The highest BCUT2D eigenvalue weighted by Gasteiger charge is 1.94. The minimum Gasteiger partial charge on any atom is -0.497 e. The van der Waals surface area contributed by atoms with E-state index in [-0.39, 0.29) is 5.71 Å². The van der Waals surface area contributed by atoms with E-state index in [2.05, 4.69) is 20.5 Å². The van der Waals surface area contributed by atoms with Gasteiger partial charge in [0.15, 0.2) is 5.71 Å². The Labute approximate surface area is 99.1 Å². The van der Waals surface area contributed by atoms with Crippen molar-refractivity contribution in [3.63, 3.8) is 0 Å². The molecule has 0 fully saturated rings. The zero-order chi connectivity index (χ0) is 12.5. The molecule has 0 radical (unpaired) electrons. The number of nitrogens with zero attached hydrogens (tertiary/aromatic N) is 3. The van der Waals surface area contributed by atoms with E-state index in [4.69, 9.17) is 10.00 Å². The molecule has 0 aliphatic heterocycles. The van der Waals surface area contributed by atoms with Crippen LogP contribution in [-0.4, -0.2) is 26.1 Å². The maximum atomic E-state index is 8.73. The second kappa shape index (κ2) is 6.85. The van der Waals surface area contributed by atoms with Crippen LogP contribution in [0.1, 0.15) is 0 Å². The highest BCUT2D eigenvalue weighted by atomic mass is 16.6. The predicted octanol–water partition coefficient (Wildman–Crippen LogP) is 1.62. The van der Waals surface area contributed by atoms with Gasteiger partial charge in [-0.3, -0.25) is 5.43 Å². The third-order valence-electron chi connectivity index (χ3n) is 1.79. The van der Waals surface area contributed by atoms with Gasteiger partial charge in [-0.05, 0) is 24.3 Å². The molecule has 0 saturated heterocycles. The van der Waals surface area contributed by atoms with E-state index in [9.17, 15) is 0 Å². The van der Waals surface area contributed by atoms with E-state index in [1.807, 2.05) is 6.07 Å². The number of hydrogen-bond acceptors (Lipinski definition) is 6. The van der Waals surface area contributed by atoms with Gasteiger partial charge in [0.25, 0.3) is 0 Å². The van der Waals surface area contributed by atoms with Gasteiger partial charge in [0.05, 0.1) is 12.8 Å². The number of ether oxygens (including phenoxy) is 1. The lowest BCUT2D eigenvalue weighted by atomic mass is 10.3. The molecule has 0 aliphatic rings. The molecule has 1 aromatic rings. The van der Waals surface area contributed by atoms with E-state index in [0.29, 0.717) is 0 Å². The molecule has 0 bridgehead atoms. The summed E-state index contributed by atoms with van der Waals surface area (Å²) < 4.78 is 5.02. The summed E-state index contributed by atoms with van der Waals surface area (Å²) >= 11 is 0. The number of rotatable bonds is 5. The lowest BCUT2D eigenvalue weighted by Crippen LogP contribution is -2.01. The van der Waals surface area contributed by atoms with E-state index >= 15 is 0 Å². The van der Waals surface area contributed by atoms with Gasteiger partial charge >= 0.3 is 0 Å². The van der Waals surface area contributed by atoms with Crippen molar-refractivity contribution in [1.82, 2.24) is 0 Å². The molecule has 1 rings (SSSR count). The molecule has 88 valence electrons. The number of nitriles is 1. The molecule has 0 aliphatic carbocycles. The van der Waals surface area contributed by atoms with Crippen LogP contribution in [-0.2, 0) is 4.84 Å². The summed E-state index contributed by atoms with van der Waals surface area (Å²) in [5.41, 5.74) is 3.57. The summed E-state index contributed by atoms with van der Waals surface area (Å²) in [6.45, 7) is 0. The molecule has 6 nitrogen and oxygen atoms in total. The van der Waals surface area contributed by atoms with Crippen LogP contribution in [0.4, 0.5) is 5.69 Å². The van der Waals surface area contributed by atoms with E-state index in [1.54, 1.807) is 31.4 Å². The molecule has 0 saturated carbocycles. The number of hydrazone groups is 1. The predicted molar refractivity (Wildman–Crippen MR) is 65.2 cm³/mol. The fourth-order valence-corrected chi connectivity index (χ4v) is 0.976. The van der Waals surface area contributed by atoms with Crippen LogP contribution in [0, 0.1) is 11.3 Å². The molecule has 1 N–H and O–H groups in total. The Balaban J connectivity index is 2.67. The van der Waals surface area contributed by atoms with Crippen molar-refractivity contribution in [3.05, 3.63) is 24.3 Å². The van der Waals surface area contributed by atoms with Crippen molar-refractivity contribution in [2.24, 2.45) is 10.3 Å². The van der Waals surface area contributed by atoms with Crippen LogP contribution >= 0.6 is 0 Å². The average molecular weight is 232 g/mol. The number of benzene rings is 1. The topological polar surface area (TPSA) is 79.0 Å². The van der Waals surface area contributed by atoms with Gasteiger partial charge < -0.3 is 9.57 Å². The lowest BCUT2D eigenvalue weighted by molar-refractivity contribution is 0.216. The molecule has 0 aromatic heterocycles. The molecule has 6 heteroatoms. The minimum absolute atomic E-state index is 0.114. The van der Waals surface area contributed by atoms with Gasteiger partial charge in [-0.15, -0.1) is 0 Å². The van der Waals surface area contributed by atoms with Gasteiger partial charge in [0, 0.05) is 0 Å². The Morgan fingerprint density at radius 3 is 2.59 bits per heavy atom. The summed E-state index contributed by atoms with van der Waals surface area (Å²) in [6.07, 6.45) is 1.22. The molecule has 0 unspecified atom stereocenters. The number of nitrogens with one attached hydrogen (secondary N) is 1. The van der Waals surface area contributed by atoms with E-state index in [0.717, 1.165) is 11.4 Å². The molecule has 17 heavy (non-hydrogen) atoms. The molecule has 0 spiro atoms. The molecule has 0 atom stereocenters. The van der Waals surface area contributed by atoms with Crippen LogP contribution in [0.15, 0.2) is 34.5 Å². The van der Waals surface area contributed by atoms with E-state index in [1.165, 1.54) is 13.3 Å². The highest BCUT2D eigenvalue weighted by molar-refractivity contribution is 6.37. The number of anilines is 1. The van der Waals surface area contributed by atoms with Gasteiger partial charge in [-0.1, -0.05) is 5.16 Å². The van der Waals surface area contributed by atoms with Crippen molar-refractivity contribution in [2.45, 2.75) is 0 Å². The third-order valence-corrected chi connectivity index (χ3v) is 1.79. The molecular weight excluding hydrogens is 220 g/mol. The van der Waals surface area contributed by atoms with Crippen LogP contribution in [0.25, 0.3) is 0 Å². The van der Waals surface area contributed by atoms with Crippen LogP contribution in [0.2, 0.25) is 0 Å². The summed E-state index contributed by atoms with van der Waals surface area (Å²) in [5.74, 6) is 0.751. The molecule has 0 amide bonds. The normalized spacial score (nSPS) is 11.0. The highest BCUT2D eigenvalue weighted by Crippen LogP contribution is 2.14. The minimum atomic E-state index is 0.114. The monoisotopic (exact) mass is 232 g/mol. The average Bonchev–Trinajstić information content (AvgIpc) is 2.39. The van der Waals surface area contributed by atoms with Crippen LogP contribution < -0.4 is 10.2 Å². The molecular formula is C11H12N4O2. The third kappa shape index (κ3) is 4.22. The number of oxime groups is 1. The van der Waals surface area contributed by atoms with Gasteiger partial charge in [0.1, 0.15) is 25.1 Å². The van der Waals surface area contributed by atoms with Gasteiger partial charge in [0.2, 0.25) is 0 Å². The quantitative estimate of drug-likeness (QED) is 0.618. The lowest BCUT2D eigenvalue weighted by Gasteiger charge is -2.02. The Hall–Kier alpha value is -2.55. The Bertz CT molecular complexity index is 446. The maximum absolute atomic E-state index is 8.73. The number of hydrogen-bond donors (Lipinski definition) is 1. The summed E-state index contributed by atoms with van der Waals surface area (Å²) in [7, 11) is 2.98. The first-order valence-electron chi connectivity index (χ1n) is 4.74. The van der Waals surface area contributed by atoms with Crippen molar-refractivity contribution >= 4 is 17.6 Å². The SMILES string of the molecule is CON=CC(C#N)=NNc1ccc(OC)cc1. The summed E-state index contributed by atoms with van der Waals surface area (Å²) in [4.78, 5) is 4.45. The first kappa shape index (κ1) is 12.5. The van der Waals surface area contributed by atoms with Crippen LogP contribution in [0.3, 0.4) is 0 Å². The van der Waals surface area contributed by atoms with Crippen LogP contribution in [0.5, 0.6) is 5.75 Å². The fraction of sp³-hybridized carbons (Fsp3) is 0.182. The summed E-state index contributed by atoms with van der Waals surface area (Å²) in [6, 6.07) is 9.00. The Morgan fingerprint density at radius 1 is 1.35 bits per heavy atom. The van der Waals surface area contributed by atoms with Gasteiger partial charge in [-0.2, -0.15) is 10.4 Å².